The Kier molecular flexibility index (Phi) is 4.61. The van der Waals surface area contributed by atoms with Gasteiger partial charge in [-0.15, -0.1) is 0 Å². The smallest absolute Gasteiger partial charge is 0.157 e. The maximum atomic E-state index is 12.1. The van der Waals surface area contributed by atoms with E-state index in [0.29, 0.717) is 5.69 Å². The summed E-state index contributed by atoms with van der Waals surface area (Å²) in [5.74, 6) is 0.164. The van der Waals surface area contributed by atoms with Crippen molar-refractivity contribution in [1.82, 2.24) is 0 Å². The molecule has 0 radical (unpaired) electrons. The van der Waals surface area contributed by atoms with Gasteiger partial charge in [0.05, 0.1) is 11.0 Å². The number of hydrogen-bond donors (Lipinski definition) is 1. The first-order valence-electron chi connectivity index (χ1n) is 5.49. The predicted molar refractivity (Wildman–Crippen MR) is 75.5 cm³/mol. The third-order valence-electron chi connectivity index (χ3n) is 2.93. The summed E-state index contributed by atoms with van der Waals surface area (Å²) >= 11 is 3.29. The first kappa shape index (κ1) is 14.5. The molecule has 3 nitrogen and oxygen atoms in total. The van der Waals surface area contributed by atoms with Crippen molar-refractivity contribution in [3.8, 4) is 0 Å². The number of sulfone groups is 1. The van der Waals surface area contributed by atoms with Crippen LogP contribution >= 0.6 is 15.9 Å². The summed E-state index contributed by atoms with van der Waals surface area (Å²) < 4.78 is 25.0. The van der Waals surface area contributed by atoms with Gasteiger partial charge in [-0.25, -0.2) is 8.42 Å². The average molecular weight is 320 g/mol. The van der Waals surface area contributed by atoms with E-state index in [1.807, 2.05) is 13.8 Å². The van der Waals surface area contributed by atoms with Crippen LogP contribution in [0.2, 0.25) is 0 Å². The molecule has 0 bridgehead atoms. The van der Waals surface area contributed by atoms with Gasteiger partial charge in [-0.05, 0) is 46.5 Å². The SMILES string of the molecule is CC(C)C(C)S(=O)(=O)Cc1ccc(Br)c(N)c1. The quantitative estimate of drug-likeness (QED) is 0.868. The van der Waals surface area contributed by atoms with Crippen molar-refractivity contribution < 1.29 is 8.42 Å². The van der Waals surface area contributed by atoms with Gasteiger partial charge < -0.3 is 5.73 Å². The van der Waals surface area contributed by atoms with Crippen molar-refractivity contribution in [2.24, 2.45) is 5.92 Å². The van der Waals surface area contributed by atoms with Crippen molar-refractivity contribution in [2.75, 3.05) is 5.73 Å². The Morgan fingerprint density at radius 2 is 1.88 bits per heavy atom. The molecule has 0 aliphatic heterocycles. The minimum Gasteiger partial charge on any atom is -0.398 e. The largest absolute Gasteiger partial charge is 0.398 e. The molecule has 1 rings (SSSR count). The maximum Gasteiger partial charge on any atom is 0.157 e. The summed E-state index contributed by atoms with van der Waals surface area (Å²) in [6.07, 6.45) is 0. The van der Waals surface area contributed by atoms with E-state index in [2.05, 4.69) is 15.9 Å². The fourth-order valence-corrected chi connectivity index (χ4v) is 3.44. The van der Waals surface area contributed by atoms with E-state index in [-0.39, 0.29) is 16.9 Å². The molecule has 0 aliphatic carbocycles. The van der Waals surface area contributed by atoms with Crippen molar-refractivity contribution >= 4 is 31.5 Å². The van der Waals surface area contributed by atoms with E-state index in [1.54, 1.807) is 25.1 Å². The van der Waals surface area contributed by atoms with Crippen LogP contribution in [0.3, 0.4) is 0 Å². The number of benzene rings is 1. The molecule has 0 heterocycles. The first-order chi connectivity index (χ1) is 7.74. The van der Waals surface area contributed by atoms with Gasteiger partial charge in [0.2, 0.25) is 0 Å². The predicted octanol–water partition coefficient (Wildman–Crippen LogP) is 2.99. The van der Waals surface area contributed by atoms with Crippen LogP contribution < -0.4 is 5.73 Å². The van der Waals surface area contributed by atoms with E-state index in [4.69, 9.17) is 5.73 Å². The number of rotatable bonds is 4. The summed E-state index contributed by atoms with van der Waals surface area (Å²) in [4.78, 5) is 0. The molecule has 1 aromatic rings. The fourth-order valence-electron chi connectivity index (χ4n) is 1.46. The Labute approximate surface area is 111 Å². The summed E-state index contributed by atoms with van der Waals surface area (Å²) in [5, 5.41) is -0.340. The van der Waals surface area contributed by atoms with Gasteiger partial charge in [0, 0.05) is 10.2 Å². The average Bonchev–Trinajstić information content (AvgIpc) is 2.22. The van der Waals surface area contributed by atoms with Crippen LogP contribution in [0.1, 0.15) is 26.3 Å². The molecule has 0 amide bonds. The lowest BCUT2D eigenvalue weighted by Crippen LogP contribution is -2.24. The Balaban J connectivity index is 2.94. The van der Waals surface area contributed by atoms with Gasteiger partial charge in [-0.3, -0.25) is 0 Å². The van der Waals surface area contributed by atoms with Crippen LogP contribution in [-0.4, -0.2) is 13.7 Å². The van der Waals surface area contributed by atoms with E-state index in [9.17, 15) is 8.42 Å². The molecular weight excluding hydrogens is 302 g/mol. The molecule has 0 fully saturated rings. The second-order valence-corrected chi connectivity index (χ2v) is 7.82. The number of anilines is 1. The van der Waals surface area contributed by atoms with E-state index < -0.39 is 9.84 Å². The molecule has 96 valence electrons. The Morgan fingerprint density at radius 3 is 2.35 bits per heavy atom. The molecule has 1 atom stereocenters. The van der Waals surface area contributed by atoms with E-state index in [0.717, 1.165) is 10.0 Å². The zero-order valence-corrected chi connectivity index (χ0v) is 12.7. The molecule has 0 aliphatic rings. The maximum absolute atomic E-state index is 12.1. The lowest BCUT2D eigenvalue weighted by molar-refractivity contribution is 0.545. The highest BCUT2D eigenvalue weighted by molar-refractivity contribution is 9.10. The van der Waals surface area contributed by atoms with Gasteiger partial charge >= 0.3 is 0 Å². The zero-order chi connectivity index (χ0) is 13.2. The van der Waals surface area contributed by atoms with Crippen LogP contribution in [0.15, 0.2) is 22.7 Å². The highest BCUT2D eigenvalue weighted by atomic mass is 79.9. The zero-order valence-electron chi connectivity index (χ0n) is 10.3. The van der Waals surface area contributed by atoms with Crippen LogP contribution in [0.25, 0.3) is 0 Å². The van der Waals surface area contributed by atoms with Crippen LogP contribution in [0.5, 0.6) is 0 Å². The van der Waals surface area contributed by atoms with Gasteiger partial charge in [-0.2, -0.15) is 0 Å². The molecule has 2 N–H and O–H groups in total. The number of hydrogen-bond acceptors (Lipinski definition) is 3. The molecule has 1 unspecified atom stereocenters. The third-order valence-corrected chi connectivity index (χ3v) is 6.07. The normalized spacial score (nSPS) is 13.9. The van der Waals surface area contributed by atoms with Gasteiger partial charge in [0.25, 0.3) is 0 Å². The topological polar surface area (TPSA) is 60.2 Å². The summed E-state index contributed by atoms with van der Waals surface area (Å²) in [6, 6.07) is 5.26. The summed E-state index contributed by atoms with van der Waals surface area (Å²) in [7, 11) is -3.11. The highest BCUT2D eigenvalue weighted by Crippen LogP contribution is 2.23. The molecule has 0 aromatic heterocycles. The van der Waals surface area contributed by atoms with Crippen molar-refractivity contribution in [3.05, 3.63) is 28.2 Å². The van der Waals surface area contributed by atoms with Gasteiger partial charge in [0.1, 0.15) is 0 Å². The Morgan fingerprint density at radius 1 is 1.29 bits per heavy atom. The minimum absolute atomic E-state index is 0.0455. The van der Waals surface area contributed by atoms with E-state index >= 15 is 0 Å². The molecule has 0 saturated heterocycles. The Hall–Kier alpha value is -0.550. The summed E-state index contributed by atoms with van der Waals surface area (Å²) in [5.41, 5.74) is 7.03. The lowest BCUT2D eigenvalue weighted by atomic mass is 10.2. The van der Waals surface area contributed by atoms with Crippen molar-refractivity contribution in [3.63, 3.8) is 0 Å². The monoisotopic (exact) mass is 319 g/mol. The molecule has 5 heteroatoms. The van der Waals surface area contributed by atoms with Crippen molar-refractivity contribution in [2.45, 2.75) is 31.8 Å². The third kappa shape index (κ3) is 3.71. The van der Waals surface area contributed by atoms with E-state index in [1.165, 1.54) is 0 Å². The van der Waals surface area contributed by atoms with Crippen LogP contribution in [0, 0.1) is 5.92 Å². The Bertz CT molecular complexity index is 497. The molecule has 17 heavy (non-hydrogen) atoms. The van der Waals surface area contributed by atoms with Gasteiger partial charge in [0.15, 0.2) is 9.84 Å². The minimum atomic E-state index is -3.11. The van der Waals surface area contributed by atoms with Gasteiger partial charge in [-0.1, -0.05) is 19.9 Å². The highest BCUT2D eigenvalue weighted by Gasteiger charge is 2.24. The first-order valence-corrected chi connectivity index (χ1v) is 8.00. The number of halogens is 1. The fraction of sp³-hybridized carbons (Fsp3) is 0.500. The van der Waals surface area contributed by atoms with Crippen molar-refractivity contribution in [1.29, 1.82) is 0 Å². The molecule has 0 saturated carbocycles. The van der Waals surface area contributed by atoms with Crippen LogP contribution in [-0.2, 0) is 15.6 Å². The number of nitrogens with two attached hydrogens (primary N) is 1. The lowest BCUT2D eigenvalue weighted by Gasteiger charge is -2.16. The van der Waals surface area contributed by atoms with Crippen LogP contribution in [0.4, 0.5) is 5.69 Å². The molecule has 0 spiro atoms. The molecular formula is C12H18BrNO2S. The molecule has 1 aromatic carbocycles. The summed E-state index contributed by atoms with van der Waals surface area (Å²) in [6.45, 7) is 5.58. The standard InChI is InChI=1S/C12H18BrNO2S/c1-8(2)9(3)17(15,16)7-10-4-5-11(13)12(14)6-10/h4-6,8-9H,7,14H2,1-3H3. The second-order valence-electron chi connectivity index (χ2n) is 4.61. The second kappa shape index (κ2) is 5.40. The number of nitrogen functional groups attached to an aromatic ring is 1.